The maximum atomic E-state index is 11.9. The molecule has 1 atom stereocenters. The highest BCUT2D eigenvalue weighted by Gasteiger charge is 2.33. The zero-order valence-corrected chi connectivity index (χ0v) is 11.3. The van der Waals surface area contributed by atoms with Crippen molar-refractivity contribution in [3.63, 3.8) is 0 Å². The summed E-state index contributed by atoms with van der Waals surface area (Å²) in [7, 11) is 0. The van der Waals surface area contributed by atoms with E-state index in [2.05, 4.69) is 25.3 Å². The monoisotopic (exact) mass is 305 g/mol. The van der Waals surface area contributed by atoms with Gasteiger partial charge < -0.3 is 14.8 Å². The van der Waals surface area contributed by atoms with Gasteiger partial charge in [0, 0.05) is 11.5 Å². The highest BCUT2D eigenvalue weighted by atomic mass is 16.6. The van der Waals surface area contributed by atoms with E-state index in [0.717, 1.165) is 0 Å². The molecule has 1 saturated heterocycles. The van der Waals surface area contributed by atoms with Gasteiger partial charge in [-0.3, -0.25) is 9.69 Å². The van der Waals surface area contributed by atoms with Crippen LogP contribution in [0.2, 0.25) is 0 Å². The average molecular weight is 305 g/mol. The molecule has 1 N–H and O–H groups in total. The first kappa shape index (κ1) is 13.9. The van der Waals surface area contributed by atoms with Gasteiger partial charge in [0.1, 0.15) is 6.10 Å². The Hall–Kier alpha value is -3.07. The Bertz CT molecular complexity index is 672. The van der Waals surface area contributed by atoms with E-state index in [4.69, 9.17) is 15.0 Å². The topological polar surface area (TPSA) is 142 Å². The number of fused-ring (bicyclic) bond motifs is 1. The first-order valence-corrected chi connectivity index (χ1v) is 6.46. The van der Waals surface area contributed by atoms with Gasteiger partial charge in [-0.25, -0.2) is 14.8 Å². The van der Waals surface area contributed by atoms with Crippen LogP contribution in [-0.2, 0) is 9.53 Å². The number of anilines is 2. The number of cyclic esters (lactones) is 1. The van der Waals surface area contributed by atoms with Crippen molar-refractivity contribution in [2.45, 2.75) is 12.5 Å². The summed E-state index contributed by atoms with van der Waals surface area (Å²) in [5, 5.41) is 5.92. The lowest BCUT2D eigenvalue weighted by Gasteiger charge is -2.18. The van der Waals surface area contributed by atoms with E-state index in [1.54, 1.807) is 0 Å². The van der Waals surface area contributed by atoms with Crippen LogP contribution in [0.1, 0.15) is 6.42 Å². The summed E-state index contributed by atoms with van der Waals surface area (Å²) in [5.74, 6) is 0.283. The van der Waals surface area contributed by atoms with Crippen molar-refractivity contribution in [3.05, 3.63) is 16.6 Å². The van der Waals surface area contributed by atoms with Crippen LogP contribution in [0.5, 0.6) is 5.88 Å². The van der Waals surface area contributed by atoms with E-state index in [-0.39, 0.29) is 49.2 Å². The quantitative estimate of drug-likeness (QED) is 0.496. The van der Waals surface area contributed by atoms with Gasteiger partial charge in [0.25, 0.3) is 11.8 Å². The lowest BCUT2D eigenvalue weighted by Crippen LogP contribution is -2.29. The number of hydrogen-bond donors (Lipinski definition) is 1. The van der Waals surface area contributed by atoms with Gasteiger partial charge in [0.05, 0.1) is 12.7 Å². The third kappa shape index (κ3) is 2.69. The third-order valence-electron chi connectivity index (χ3n) is 3.09. The second-order valence-electron chi connectivity index (χ2n) is 4.58. The summed E-state index contributed by atoms with van der Waals surface area (Å²) < 4.78 is 10.3. The Kier molecular flexibility index (Phi) is 3.62. The number of amides is 2. The fourth-order valence-corrected chi connectivity index (χ4v) is 2.09. The van der Waals surface area contributed by atoms with E-state index < -0.39 is 6.09 Å². The minimum absolute atomic E-state index is 0.117. The number of azide groups is 1. The molecule has 1 unspecified atom stereocenters. The molecule has 0 spiro atoms. The number of carbonyl (C=O) groups excluding carboxylic acids is 2. The van der Waals surface area contributed by atoms with Crippen LogP contribution in [-0.4, -0.2) is 47.8 Å². The molecule has 11 nitrogen and oxygen atoms in total. The van der Waals surface area contributed by atoms with Gasteiger partial charge in [-0.2, -0.15) is 0 Å². The van der Waals surface area contributed by atoms with E-state index >= 15 is 0 Å². The molecule has 0 aliphatic carbocycles. The molecular weight excluding hydrogens is 294 g/mol. The minimum atomic E-state index is -0.566. The van der Waals surface area contributed by atoms with E-state index in [9.17, 15) is 9.59 Å². The molecule has 2 aliphatic heterocycles. The molecule has 0 bridgehead atoms. The largest absolute Gasteiger partial charge is 0.465 e. The lowest BCUT2D eigenvalue weighted by molar-refractivity contribution is -0.118. The van der Waals surface area contributed by atoms with Crippen LogP contribution in [0, 0.1) is 0 Å². The highest BCUT2D eigenvalue weighted by Crippen LogP contribution is 2.27. The predicted molar refractivity (Wildman–Crippen MR) is 72.4 cm³/mol. The Morgan fingerprint density at radius 3 is 3.23 bits per heavy atom. The molecule has 3 rings (SSSR count). The molecule has 2 aliphatic rings. The highest BCUT2D eigenvalue weighted by molar-refractivity contribution is 5.94. The summed E-state index contributed by atoms with van der Waals surface area (Å²) in [5.41, 5.74) is 8.23. The summed E-state index contributed by atoms with van der Waals surface area (Å²) in [6.45, 7) is 0.387. The van der Waals surface area contributed by atoms with Crippen molar-refractivity contribution in [3.8, 4) is 5.88 Å². The first-order valence-electron chi connectivity index (χ1n) is 6.46. The zero-order valence-electron chi connectivity index (χ0n) is 11.3. The van der Waals surface area contributed by atoms with Crippen LogP contribution < -0.4 is 15.0 Å². The number of nitrogens with zero attached hydrogens (tertiary/aromatic N) is 6. The molecule has 1 fully saturated rings. The molecule has 1 aromatic rings. The minimum Gasteiger partial charge on any atom is -0.465 e. The number of rotatable bonds is 4. The smallest absolute Gasteiger partial charge is 0.415 e. The Labute approximate surface area is 123 Å². The molecule has 0 aromatic carbocycles. The van der Waals surface area contributed by atoms with Crippen LogP contribution >= 0.6 is 0 Å². The standard InChI is InChI=1S/C11H11N7O4/c12-17-14-2-1-6-4-18(11(20)22-6)7-3-13-10-9(15-7)16-8(19)5-21-10/h3,6H,1-2,4-5H2,(H,15,16,19). The van der Waals surface area contributed by atoms with Crippen molar-refractivity contribution < 1.29 is 19.1 Å². The average Bonchev–Trinajstić information content (AvgIpc) is 2.87. The molecule has 0 radical (unpaired) electrons. The van der Waals surface area contributed by atoms with Gasteiger partial charge in [-0.1, -0.05) is 5.11 Å². The molecule has 11 heteroatoms. The van der Waals surface area contributed by atoms with Crippen LogP contribution in [0.25, 0.3) is 10.4 Å². The zero-order chi connectivity index (χ0) is 15.5. The molecule has 2 amide bonds. The van der Waals surface area contributed by atoms with Gasteiger partial charge in [-0.15, -0.1) is 0 Å². The molecule has 0 saturated carbocycles. The van der Waals surface area contributed by atoms with E-state index in [0.29, 0.717) is 6.42 Å². The fraction of sp³-hybridized carbons (Fsp3) is 0.455. The van der Waals surface area contributed by atoms with E-state index in [1.807, 2.05) is 0 Å². The fourth-order valence-electron chi connectivity index (χ4n) is 2.09. The lowest BCUT2D eigenvalue weighted by atomic mass is 10.2. The molecule has 3 heterocycles. The van der Waals surface area contributed by atoms with Crippen LogP contribution in [0.4, 0.5) is 16.4 Å². The summed E-state index contributed by atoms with van der Waals surface area (Å²) in [6.07, 6.45) is 0.836. The Balaban J connectivity index is 1.74. The second kappa shape index (κ2) is 5.74. The Morgan fingerprint density at radius 2 is 2.41 bits per heavy atom. The van der Waals surface area contributed by atoms with Gasteiger partial charge in [0.2, 0.25) is 0 Å². The number of hydrogen-bond acceptors (Lipinski definition) is 7. The maximum Gasteiger partial charge on any atom is 0.415 e. The van der Waals surface area contributed by atoms with Crippen LogP contribution in [0.3, 0.4) is 0 Å². The summed E-state index contributed by atoms with van der Waals surface area (Å²) in [6, 6.07) is 0. The Morgan fingerprint density at radius 1 is 1.55 bits per heavy atom. The van der Waals surface area contributed by atoms with Crippen molar-refractivity contribution in [1.82, 2.24) is 9.97 Å². The number of ether oxygens (including phenoxy) is 2. The predicted octanol–water partition coefficient (Wildman–Crippen LogP) is 0.833. The van der Waals surface area contributed by atoms with Gasteiger partial charge >= 0.3 is 6.09 Å². The van der Waals surface area contributed by atoms with Crippen molar-refractivity contribution in [2.75, 3.05) is 29.9 Å². The number of nitrogens with one attached hydrogen (secondary N) is 1. The normalized spacial score (nSPS) is 19.6. The van der Waals surface area contributed by atoms with Gasteiger partial charge in [0.15, 0.2) is 18.2 Å². The van der Waals surface area contributed by atoms with Crippen molar-refractivity contribution in [1.29, 1.82) is 0 Å². The van der Waals surface area contributed by atoms with Crippen molar-refractivity contribution >= 4 is 23.6 Å². The maximum absolute atomic E-state index is 11.9. The molecular formula is C11H11N7O4. The molecule has 114 valence electrons. The van der Waals surface area contributed by atoms with E-state index in [1.165, 1.54) is 11.1 Å². The molecule has 22 heavy (non-hydrogen) atoms. The SMILES string of the molecule is [N-]=[N+]=NCCC1CN(c2cnc3c(n2)NC(=O)CO3)C(=O)O1. The second-order valence-corrected chi connectivity index (χ2v) is 4.58. The number of carbonyl (C=O) groups is 2. The summed E-state index contributed by atoms with van der Waals surface area (Å²) in [4.78, 5) is 35.2. The van der Waals surface area contributed by atoms with Gasteiger partial charge in [-0.05, 0) is 12.0 Å². The molecule has 1 aromatic heterocycles. The number of aromatic nitrogens is 2. The van der Waals surface area contributed by atoms with Crippen LogP contribution in [0.15, 0.2) is 11.3 Å². The van der Waals surface area contributed by atoms with Crippen molar-refractivity contribution in [2.24, 2.45) is 5.11 Å². The first-order chi connectivity index (χ1) is 10.7. The third-order valence-corrected chi connectivity index (χ3v) is 3.09. The summed E-state index contributed by atoms with van der Waals surface area (Å²) >= 11 is 0.